The molecule has 0 radical (unpaired) electrons. The third-order valence-corrected chi connectivity index (χ3v) is 2.88. The highest BCUT2D eigenvalue weighted by atomic mass is 16.5. The smallest absolute Gasteiger partial charge is 0.241 e. The highest BCUT2D eigenvalue weighted by Crippen LogP contribution is 2.21. The van der Waals surface area contributed by atoms with Crippen molar-refractivity contribution >= 4 is 5.91 Å². The number of rotatable bonds is 6. The van der Waals surface area contributed by atoms with Crippen molar-refractivity contribution in [2.24, 2.45) is 5.73 Å². The van der Waals surface area contributed by atoms with Crippen molar-refractivity contribution < 1.29 is 14.3 Å². The van der Waals surface area contributed by atoms with Gasteiger partial charge in [-0.3, -0.25) is 4.79 Å². The summed E-state index contributed by atoms with van der Waals surface area (Å²) in [5, 5.41) is 0. The van der Waals surface area contributed by atoms with E-state index in [0.29, 0.717) is 6.54 Å². The van der Waals surface area contributed by atoms with Gasteiger partial charge in [0.1, 0.15) is 11.8 Å². The number of nitrogens with two attached hydrogens (primary N) is 1. The Balaban J connectivity index is 2.78. The summed E-state index contributed by atoms with van der Waals surface area (Å²) < 4.78 is 10.2. The van der Waals surface area contributed by atoms with Gasteiger partial charge in [-0.05, 0) is 13.0 Å². The van der Waals surface area contributed by atoms with Crippen molar-refractivity contribution in [1.82, 2.24) is 4.90 Å². The topological polar surface area (TPSA) is 64.8 Å². The maximum Gasteiger partial charge on any atom is 0.241 e. The van der Waals surface area contributed by atoms with Gasteiger partial charge in [0.25, 0.3) is 0 Å². The van der Waals surface area contributed by atoms with Crippen LogP contribution in [0.3, 0.4) is 0 Å². The summed E-state index contributed by atoms with van der Waals surface area (Å²) in [7, 11) is 4.86. The standard InChI is InChI=1S/C14H22N2O3/c1-10-5-6-13(19-4)11(7-10)8-16(2)14(17)12(15)9-18-3/h5-7,12H,8-9,15H2,1-4H3. The molecule has 1 atom stereocenters. The summed E-state index contributed by atoms with van der Waals surface area (Å²) >= 11 is 0. The normalized spacial score (nSPS) is 12.1. The number of hydrogen-bond donors (Lipinski definition) is 1. The predicted molar refractivity (Wildman–Crippen MR) is 74.1 cm³/mol. The number of benzene rings is 1. The molecular formula is C14H22N2O3. The molecule has 0 bridgehead atoms. The van der Waals surface area contributed by atoms with E-state index in [2.05, 4.69) is 0 Å². The Morgan fingerprint density at radius 1 is 1.42 bits per heavy atom. The predicted octanol–water partition coefficient (Wildman–Crippen LogP) is 0.936. The zero-order chi connectivity index (χ0) is 14.4. The third-order valence-electron chi connectivity index (χ3n) is 2.88. The highest BCUT2D eigenvalue weighted by Gasteiger charge is 2.19. The van der Waals surface area contributed by atoms with Crippen molar-refractivity contribution in [2.75, 3.05) is 27.9 Å². The van der Waals surface area contributed by atoms with Gasteiger partial charge in [-0.1, -0.05) is 17.7 Å². The zero-order valence-electron chi connectivity index (χ0n) is 12.0. The molecule has 0 heterocycles. The molecule has 0 saturated heterocycles. The molecule has 0 spiro atoms. The van der Waals surface area contributed by atoms with E-state index in [4.69, 9.17) is 15.2 Å². The van der Waals surface area contributed by atoms with Crippen LogP contribution in [0, 0.1) is 6.92 Å². The molecule has 19 heavy (non-hydrogen) atoms. The fourth-order valence-corrected chi connectivity index (χ4v) is 1.90. The second kappa shape index (κ2) is 7.11. The van der Waals surface area contributed by atoms with Crippen LogP contribution in [0.5, 0.6) is 5.75 Å². The van der Waals surface area contributed by atoms with E-state index in [1.54, 1.807) is 19.1 Å². The minimum absolute atomic E-state index is 0.148. The number of ether oxygens (including phenoxy) is 2. The molecule has 0 saturated carbocycles. The molecule has 5 heteroatoms. The number of carbonyl (C=O) groups excluding carboxylic acids is 1. The number of likely N-dealkylation sites (N-methyl/N-ethyl adjacent to an activating group) is 1. The first-order chi connectivity index (χ1) is 8.99. The molecule has 0 aliphatic carbocycles. The highest BCUT2D eigenvalue weighted by molar-refractivity contribution is 5.81. The Morgan fingerprint density at radius 2 is 2.11 bits per heavy atom. The Morgan fingerprint density at radius 3 is 2.68 bits per heavy atom. The van der Waals surface area contributed by atoms with Crippen molar-refractivity contribution in [3.8, 4) is 5.75 Å². The Bertz CT molecular complexity index is 435. The Kier molecular flexibility index (Phi) is 5.79. The molecule has 5 nitrogen and oxygen atoms in total. The van der Waals surface area contributed by atoms with Crippen LogP contribution in [0.4, 0.5) is 0 Å². The molecule has 0 aliphatic heterocycles. The van der Waals surface area contributed by atoms with Crippen LogP contribution in [0.1, 0.15) is 11.1 Å². The summed E-state index contributed by atoms with van der Waals surface area (Å²) in [4.78, 5) is 13.6. The van der Waals surface area contributed by atoms with Crippen LogP contribution in [0.2, 0.25) is 0 Å². The number of methoxy groups -OCH3 is 2. The first-order valence-corrected chi connectivity index (χ1v) is 6.12. The number of aryl methyl sites for hydroxylation is 1. The fraction of sp³-hybridized carbons (Fsp3) is 0.500. The lowest BCUT2D eigenvalue weighted by Gasteiger charge is -2.22. The van der Waals surface area contributed by atoms with Crippen LogP contribution in [0.15, 0.2) is 18.2 Å². The van der Waals surface area contributed by atoms with Gasteiger partial charge >= 0.3 is 0 Å². The lowest BCUT2D eigenvalue weighted by molar-refractivity contribution is -0.133. The van der Waals surface area contributed by atoms with E-state index in [9.17, 15) is 4.79 Å². The van der Waals surface area contributed by atoms with Gasteiger partial charge in [0, 0.05) is 26.3 Å². The van der Waals surface area contributed by atoms with E-state index in [1.807, 2.05) is 25.1 Å². The Labute approximate surface area is 114 Å². The molecule has 1 aromatic rings. The monoisotopic (exact) mass is 266 g/mol. The summed E-state index contributed by atoms with van der Waals surface area (Å²) in [6.45, 7) is 2.68. The zero-order valence-corrected chi connectivity index (χ0v) is 12.0. The second-order valence-corrected chi connectivity index (χ2v) is 4.57. The average Bonchev–Trinajstić information content (AvgIpc) is 2.38. The molecule has 2 N–H and O–H groups in total. The molecule has 1 amide bonds. The maximum absolute atomic E-state index is 12.0. The van der Waals surface area contributed by atoms with Crippen molar-refractivity contribution in [3.05, 3.63) is 29.3 Å². The first-order valence-electron chi connectivity index (χ1n) is 6.12. The lowest BCUT2D eigenvalue weighted by atomic mass is 10.1. The van der Waals surface area contributed by atoms with Gasteiger partial charge in [0.2, 0.25) is 5.91 Å². The van der Waals surface area contributed by atoms with Gasteiger partial charge in [0.15, 0.2) is 0 Å². The number of nitrogens with zero attached hydrogens (tertiary/aromatic N) is 1. The minimum Gasteiger partial charge on any atom is -0.496 e. The minimum atomic E-state index is -0.634. The fourth-order valence-electron chi connectivity index (χ4n) is 1.90. The largest absolute Gasteiger partial charge is 0.496 e. The molecule has 0 aromatic heterocycles. The Hall–Kier alpha value is -1.59. The van der Waals surface area contributed by atoms with E-state index in [0.717, 1.165) is 16.9 Å². The van der Waals surface area contributed by atoms with E-state index in [-0.39, 0.29) is 12.5 Å². The first kappa shape index (κ1) is 15.5. The summed E-state index contributed by atoms with van der Waals surface area (Å²) in [6.07, 6.45) is 0. The maximum atomic E-state index is 12.0. The van der Waals surface area contributed by atoms with Crippen LogP contribution < -0.4 is 10.5 Å². The number of amides is 1. The van der Waals surface area contributed by atoms with Gasteiger partial charge < -0.3 is 20.1 Å². The van der Waals surface area contributed by atoms with Crippen molar-refractivity contribution in [1.29, 1.82) is 0 Å². The molecule has 1 rings (SSSR count). The van der Waals surface area contributed by atoms with Crippen molar-refractivity contribution in [3.63, 3.8) is 0 Å². The molecule has 0 fully saturated rings. The molecule has 0 aliphatic rings. The molecule has 1 unspecified atom stereocenters. The number of hydrogen-bond acceptors (Lipinski definition) is 4. The van der Waals surface area contributed by atoms with Gasteiger partial charge in [-0.15, -0.1) is 0 Å². The van der Waals surface area contributed by atoms with Gasteiger partial charge in [-0.2, -0.15) is 0 Å². The summed E-state index contributed by atoms with van der Waals surface area (Å²) in [6, 6.07) is 5.24. The van der Waals surface area contributed by atoms with E-state index >= 15 is 0 Å². The van der Waals surface area contributed by atoms with E-state index in [1.165, 1.54) is 7.11 Å². The summed E-state index contributed by atoms with van der Waals surface area (Å²) in [5.74, 6) is 0.621. The molecule has 1 aromatic carbocycles. The average molecular weight is 266 g/mol. The molecular weight excluding hydrogens is 244 g/mol. The van der Waals surface area contributed by atoms with Crippen LogP contribution in [-0.2, 0) is 16.1 Å². The quantitative estimate of drug-likeness (QED) is 0.832. The van der Waals surface area contributed by atoms with Gasteiger partial charge in [0.05, 0.1) is 13.7 Å². The van der Waals surface area contributed by atoms with Crippen molar-refractivity contribution in [2.45, 2.75) is 19.5 Å². The number of carbonyl (C=O) groups is 1. The molecule has 106 valence electrons. The summed E-state index contributed by atoms with van der Waals surface area (Å²) in [5.41, 5.74) is 7.82. The lowest BCUT2D eigenvalue weighted by Crippen LogP contribution is -2.44. The van der Waals surface area contributed by atoms with Crippen LogP contribution >= 0.6 is 0 Å². The van der Waals surface area contributed by atoms with Gasteiger partial charge in [-0.25, -0.2) is 0 Å². The van der Waals surface area contributed by atoms with Crippen LogP contribution in [-0.4, -0.2) is 44.7 Å². The van der Waals surface area contributed by atoms with Crippen LogP contribution in [0.25, 0.3) is 0 Å². The second-order valence-electron chi connectivity index (χ2n) is 4.57. The third kappa shape index (κ3) is 4.22. The van der Waals surface area contributed by atoms with E-state index < -0.39 is 6.04 Å². The SMILES string of the molecule is COCC(N)C(=O)N(C)Cc1cc(C)ccc1OC.